The summed E-state index contributed by atoms with van der Waals surface area (Å²) in [5.41, 5.74) is 2.88. The highest BCUT2D eigenvalue weighted by Gasteiger charge is 2.36. The Labute approximate surface area is 228 Å². The average molecular weight is 542 g/mol. The molecule has 0 unspecified atom stereocenters. The molecule has 4 rings (SSSR count). The first-order chi connectivity index (χ1) is 18.7. The number of fused-ring (bicyclic) bond motifs is 1. The number of aromatic nitrogens is 1. The van der Waals surface area contributed by atoms with E-state index in [9.17, 15) is 18.7 Å². The Morgan fingerprint density at radius 2 is 1.82 bits per heavy atom. The number of carboxylic acids is 1. The summed E-state index contributed by atoms with van der Waals surface area (Å²) < 4.78 is 37.8. The predicted octanol–water partition coefficient (Wildman–Crippen LogP) is 5.55. The number of piperidine rings is 1. The highest BCUT2D eigenvalue weighted by Crippen LogP contribution is 2.41. The van der Waals surface area contributed by atoms with E-state index in [0.717, 1.165) is 73.6 Å². The zero-order chi connectivity index (χ0) is 28.0. The quantitative estimate of drug-likeness (QED) is 0.322. The van der Waals surface area contributed by atoms with E-state index >= 15 is 0 Å². The van der Waals surface area contributed by atoms with Gasteiger partial charge in [0.15, 0.2) is 0 Å². The number of benzene rings is 2. The minimum Gasteiger partial charge on any atom is -0.497 e. The molecule has 210 valence electrons. The van der Waals surface area contributed by atoms with Crippen LogP contribution in [0.25, 0.3) is 10.9 Å². The van der Waals surface area contributed by atoms with Crippen LogP contribution in [0.4, 0.5) is 14.5 Å². The number of pyridine rings is 1. The van der Waals surface area contributed by atoms with Crippen molar-refractivity contribution in [1.29, 1.82) is 0 Å². The van der Waals surface area contributed by atoms with Gasteiger partial charge in [0.05, 0.1) is 30.9 Å². The summed E-state index contributed by atoms with van der Waals surface area (Å²) in [6.45, 7) is 2.43. The second kappa shape index (κ2) is 12.6. The van der Waals surface area contributed by atoms with Gasteiger partial charge in [-0.05, 0) is 74.4 Å². The number of ether oxygens (including phenoxy) is 2. The molecule has 39 heavy (non-hydrogen) atoms. The third kappa shape index (κ3) is 7.35. The number of anilines is 1. The molecule has 1 aliphatic rings. The van der Waals surface area contributed by atoms with Crippen molar-refractivity contribution in [3.63, 3.8) is 0 Å². The van der Waals surface area contributed by atoms with E-state index < -0.39 is 17.6 Å². The van der Waals surface area contributed by atoms with Crippen LogP contribution in [0.15, 0.2) is 42.6 Å². The van der Waals surface area contributed by atoms with Gasteiger partial charge in [0.1, 0.15) is 29.7 Å². The molecule has 0 atom stereocenters. The lowest BCUT2D eigenvalue weighted by atomic mass is 9.72. The standard InChI is InChI=1S/C30H37F2N3O4/c1-34(2)28-20-33-27-7-6-23(38-3)18-26(27)25(28)5-4-8-30(19-29(36)37)9-11-35(12-10-30)13-14-39-24-16-21(31)15-22(32)17-24/h6-7,15-18,20H,4-5,8-14,19H2,1-3H3,(H,36,37). The second-order valence-electron chi connectivity index (χ2n) is 10.6. The number of aryl methyl sites for hydroxylation is 1. The number of likely N-dealkylation sites (tertiary alicyclic amines) is 1. The third-order valence-electron chi connectivity index (χ3n) is 7.73. The maximum atomic E-state index is 13.4. The predicted molar refractivity (Wildman–Crippen MR) is 148 cm³/mol. The SMILES string of the molecule is COc1ccc2ncc(N(C)C)c(CCCC3(CC(=O)O)CCN(CCOc4cc(F)cc(F)c4)CC3)c2c1. The molecule has 0 saturated carbocycles. The summed E-state index contributed by atoms with van der Waals surface area (Å²) in [5.74, 6) is -1.16. The number of hydrogen-bond donors (Lipinski definition) is 1. The van der Waals surface area contributed by atoms with Gasteiger partial charge in [-0.3, -0.25) is 14.7 Å². The molecule has 1 aliphatic heterocycles. The molecule has 0 spiro atoms. The van der Waals surface area contributed by atoms with Crippen molar-refractivity contribution in [2.45, 2.75) is 38.5 Å². The van der Waals surface area contributed by atoms with Crippen molar-refractivity contribution in [2.24, 2.45) is 5.41 Å². The molecule has 1 saturated heterocycles. The number of aliphatic carboxylic acids is 1. The van der Waals surface area contributed by atoms with Gasteiger partial charge in [0.25, 0.3) is 0 Å². The van der Waals surface area contributed by atoms with Crippen LogP contribution in [-0.4, -0.2) is 68.4 Å². The third-order valence-corrected chi connectivity index (χ3v) is 7.73. The molecule has 1 fully saturated rings. The van der Waals surface area contributed by atoms with Gasteiger partial charge in [-0.15, -0.1) is 0 Å². The van der Waals surface area contributed by atoms with Crippen molar-refractivity contribution >= 4 is 22.6 Å². The molecule has 9 heteroatoms. The van der Waals surface area contributed by atoms with Crippen LogP contribution in [0.2, 0.25) is 0 Å². The Bertz CT molecular complexity index is 1270. The maximum absolute atomic E-state index is 13.4. The van der Waals surface area contributed by atoms with E-state index in [1.165, 1.54) is 17.7 Å². The van der Waals surface area contributed by atoms with Gasteiger partial charge in [0.2, 0.25) is 0 Å². The summed E-state index contributed by atoms with van der Waals surface area (Å²) in [6, 6.07) is 9.05. The molecule has 0 aliphatic carbocycles. The van der Waals surface area contributed by atoms with E-state index in [0.29, 0.717) is 13.2 Å². The number of methoxy groups -OCH3 is 1. The largest absolute Gasteiger partial charge is 0.497 e. The number of hydrogen-bond acceptors (Lipinski definition) is 6. The number of carboxylic acid groups (broad SMARTS) is 1. The summed E-state index contributed by atoms with van der Waals surface area (Å²) >= 11 is 0. The molecule has 2 aromatic carbocycles. The zero-order valence-corrected chi connectivity index (χ0v) is 22.9. The van der Waals surface area contributed by atoms with E-state index in [1.807, 2.05) is 38.5 Å². The molecule has 0 radical (unpaired) electrons. The molecule has 1 aromatic heterocycles. The topological polar surface area (TPSA) is 75.1 Å². The summed E-state index contributed by atoms with van der Waals surface area (Å²) in [6.07, 6.45) is 6.08. The molecule has 1 N–H and O–H groups in total. The van der Waals surface area contributed by atoms with Gasteiger partial charge in [-0.25, -0.2) is 8.78 Å². The van der Waals surface area contributed by atoms with Gasteiger partial charge < -0.3 is 19.5 Å². The Balaban J connectivity index is 1.38. The lowest BCUT2D eigenvalue weighted by Crippen LogP contribution is -2.42. The van der Waals surface area contributed by atoms with E-state index in [1.54, 1.807) is 7.11 Å². The Hall–Kier alpha value is -3.46. The molecule has 0 amide bonds. The minimum atomic E-state index is -0.770. The lowest BCUT2D eigenvalue weighted by Gasteiger charge is -2.41. The molecular formula is C30H37F2N3O4. The van der Waals surface area contributed by atoms with Crippen LogP contribution in [0, 0.1) is 17.0 Å². The van der Waals surface area contributed by atoms with Crippen molar-refractivity contribution in [3.8, 4) is 11.5 Å². The van der Waals surface area contributed by atoms with Crippen molar-refractivity contribution in [1.82, 2.24) is 9.88 Å². The fraction of sp³-hybridized carbons (Fsp3) is 0.467. The monoisotopic (exact) mass is 541 g/mol. The van der Waals surface area contributed by atoms with Crippen molar-refractivity contribution < 1.29 is 28.2 Å². The highest BCUT2D eigenvalue weighted by atomic mass is 19.1. The number of rotatable bonds is 12. The first-order valence-electron chi connectivity index (χ1n) is 13.3. The van der Waals surface area contributed by atoms with Crippen LogP contribution in [-0.2, 0) is 11.2 Å². The Morgan fingerprint density at radius 3 is 2.46 bits per heavy atom. The number of carbonyl (C=O) groups is 1. The lowest BCUT2D eigenvalue weighted by molar-refractivity contribution is -0.140. The van der Waals surface area contributed by atoms with Gasteiger partial charge >= 0.3 is 5.97 Å². The Morgan fingerprint density at radius 1 is 1.10 bits per heavy atom. The molecule has 7 nitrogen and oxygen atoms in total. The van der Waals surface area contributed by atoms with Gasteiger partial charge in [0, 0.05) is 44.2 Å². The second-order valence-corrected chi connectivity index (χ2v) is 10.6. The van der Waals surface area contributed by atoms with Crippen LogP contribution in [0.3, 0.4) is 0 Å². The first-order valence-corrected chi connectivity index (χ1v) is 13.3. The van der Waals surface area contributed by atoms with Crippen molar-refractivity contribution in [2.75, 3.05) is 52.3 Å². The van der Waals surface area contributed by atoms with Crippen molar-refractivity contribution in [3.05, 3.63) is 59.8 Å². The fourth-order valence-electron chi connectivity index (χ4n) is 5.62. The molecule has 0 bridgehead atoms. The molecule has 2 heterocycles. The maximum Gasteiger partial charge on any atom is 0.303 e. The smallest absolute Gasteiger partial charge is 0.303 e. The van der Waals surface area contributed by atoms with E-state index in [4.69, 9.17) is 9.47 Å². The number of halogens is 2. The fourth-order valence-corrected chi connectivity index (χ4v) is 5.62. The minimum absolute atomic E-state index is 0.144. The van der Waals surface area contributed by atoms with Gasteiger partial charge in [-0.1, -0.05) is 0 Å². The summed E-state index contributed by atoms with van der Waals surface area (Å²) in [7, 11) is 5.66. The van der Waals surface area contributed by atoms with Crippen LogP contribution < -0.4 is 14.4 Å². The first kappa shape index (κ1) is 28.5. The van der Waals surface area contributed by atoms with Crippen LogP contribution in [0.1, 0.15) is 37.7 Å². The highest BCUT2D eigenvalue weighted by molar-refractivity contribution is 5.88. The summed E-state index contributed by atoms with van der Waals surface area (Å²) in [5, 5.41) is 10.8. The average Bonchev–Trinajstić information content (AvgIpc) is 2.88. The normalized spacial score (nSPS) is 15.3. The van der Waals surface area contributed by atoms with Crippen LogP contribution >= 0.6 is 0 Å². The number of nitrogens with zero attached hydrogens (tertiary/aromatic N) is 3. The van der Waals surface area contributed by atoms with E-state index in [2.05, 4.69) is 14.8 Å². The van der Waals surface area contributed by atoms with Crippen LogP contribution in [0.5, 0.6) is 11.5 Å². The van der Waals surface area contributed by atoms with E-state index in [-0.39, 0.29) is 17.6 Å². The zero-order valence-electron chi connectivity index (χ0n) is 22.9. The van der Waals surface area contributed by atoms with Gasteiger partial charge in [-0.2, -0.15) is 0 Å². The molecular weight excluding hydrogens is 504 g/mol. The summed E-state index contributed by atoms with van der Waals surface area (Å²) in [4.78, 5) is 20.7. The molecule has 3 aromatic rings. The Kier molecular flexibility index (Phi) is 9.22.